The first-order valence-corrected chi connectivity index (χ1v) is 9.97. The van der Waals surface area contributed by atoms with Crippen LogP contribution in [0, 0.1) is 0 Å². The molecule has 2 aromatic rings. The summed E-state index contributed by atoms with van der Waals surface area (Å²) >= 11 is 0. The predicted molar refractivity (Wildman–Crippen MR) is 107 cm³/mol. The Morgan fingerprint density at radius 3 is 2.41 bits per heavy atom. The Hall–Kier alpha value is -2.49. The van der Waals surface area contributed by atoms with Crippen molar-refractivity contribution in [1.82, 2.24) is 5.32 Å². The van der Waals surface area contributed by atoms with Crippen LogP contribution in [0.2, 0.25) is 0 Å². The number of amides is 1. The molecule has 0 aliphatic heterocycles. The molecule has 3 rings (SSSR count). The van der Waals surface area contributed by atoms with Crippen molar-refractivity contribution in [2.75, 3.05) is 6.61 Å². The lowest BCUT2D eigenvalue weighted by molar-refractivity contribution is -0.128. The standard InChI is InChI=1S/C23H29NO3/c1-3-22(27-21-14-11-18-7-5-6-8-19(18)15-21)23(25)24-16-17-9-12-20(13-10-17)26-4-2/h9-15,22H,3-8,16H2,1-2H3,(H,24,25)/t22-/m0/s1. The second-order valence-electron chi connectivity index (χ2n) is 6.95. The Morgan fingerprint density at radius 1 is 1.00 bits per heavy atom. The minimum absolute atomic E-state index is 0.0795. The van der Waals surface area contributed by atoms with Crippen molar-refractivity contribution in [1.29, 1.82) is 0 Å². The van der Waals surface area contributed by atoms with E-state index in [4.69, 9.17) is 9.47 Å². The van der Waals surface area contributed by atoms with Gasteiger partial charge in [0.15, 0.2) is 6.10 Å². The number of nitrogens with one attached hydrogen (secondary N) is 1. The van der Waals surface area contributed by atoms with Crippen molar-refractivity contribution >= 4 is 5.91 Å². The number of fused-ring (bicyclic) bond motifs is 1. The summed E-state index contributed by atoms with van der Waals surface area (Å²) in [6.45, 7) is 5.06. The molecule has 2 aromatic carbocycles. The van der Waals surface area contributed by atoms with E-state index in [2.05, 4.69) is 17.4 Å². The normalized spacial score (nSPS) is 14.1. The Morgan fingerprint density at radius 2 is 1.70 bits per heavy atom. The maximum atomic E-state index is 12.5. The van der Waals surface area contributed by atoms with E-state index in [-0.39, 0.29) is 5.91 Å². The number of aryl methyl sites for hydroxylation is 2. The van der Waals surface area contributed by atoms with Crippen LogP contribution in [0.4, 0.5) is 0 Å². The molecule has 1 aliphatic carbocycles. The van der Waals surface area contributed by atoms with Gasteiger partial charge in [0.1, 0.15) is 11.5 Å². The highest BCUT2D eigenvalue weighted by Crippen LogP contribution is 2.26. The molecule has 0 unspecified atom stereocenters. The summed E-state index contributed by atoms with van der Waals surface area (Å²) in [4.78, 5) is 12.5. The Bertz CT molecular complexity index is 755. The van der Waals surface area contributed by atoms with E-state index < -0.39 is 6.10 Å². The molecule has 4 heteroatoms. The second-order valence-corrected chi connectivity index (χ2v) is 6.95. The lowest BCUT2D eigenvalue weighted by atomic mass is 9.92. The molecule has 0 aromatic heterocycles. The topological polar surface area (TPSA) is 47.6 Å². The van der Waals surface area contributed by atoms with Gasteiger partial charge < -0.3 is 14.8 Å². The van der Waals surface area contributed by atoms with Crippen molar-refractivity contribution < 1.29 is 14.3 Å². The number of hydrogen-bond acceptors (Lipinski definition) is 3. The lowest BCUT2D eigenvalue weighted by Crippen LogP contribution is -2.37. The number of ether oxygens (including phenoxy) is 2. The van der Waals surface area contributed by atoms with Crippen LogP contribution in [0.1, 0.15) is 49.8 Å². The maximum Gasteiger partial charge on any atom is 0.261 e. The van der Waals surface area contributed by atoms with Crippen molar-refractivity contribution in [3.8, 4) is 11.5 Å². The van der Waals surface area contributed by atoms with Gasteiger partial charge in [-0.2, -0.15) is 0 Å². The zero-order valence-electron chi connectivity index (χ0n) is 16.3. The van der Waals surface area contributed by atoms with Gasteiger partial charge in [-0.3, -0.25) is 4.79 Å². The molecule has 144 valence electrons. The molecule has 0 radical (unpaired) electrons. The van der Waals surface area contributed by atoms with Crippen LogP contribution >= 0.6 is 0 Å². The Labute approximate surface area is 161 Å². The molecule has 1 amide bonds. The smallest absolute Gasteiger partial charge is 0.261 e. The summed E-state index contributed by atoms with van der Waals surface area (Å²) in [6.07, 6.45) is 4.90. The van der Waals surface area contributed by atoms with E-state index in [0.29, 0.717) is 19.6 Å². The first-order valence-electron chi connectivity index (χ1n) is 9.97. The minimum Gasteiger partial charge on any atom is -0.494 e. The number of rotatable bonds is 8. The minimum atomic E-state index is -0.477. The third kappa shape index (κ3) is 5.25. The lowest BCUT2D eigenvalue weighted by Gasteiger charge is -2.20. The summed E-state index contributed by atoms with van der Waals surface area (Å²) in [5.41, 5.74) is 3.82. The summed E-state index contributed by atoms with van der Waals surface area (Å²) in [5.74, 6) is 1.55. The maximum absolute atomic E-state index is 12.5. The van der Waals surface area contributed by atoms with Gasteiger partial charge in [0.05, 0.1) is 6.61 Å². The monoisotopic (exact) mass is 367 g/mol. The molecule has 0 heterocycles. The van der Waals surface area contributed by atoms with Gasteiger partial charge in [0.25, 0.3) is 5.91 Å². The van der Waals surface area contributed by atoms with Crippen LogP contribution in [0.15, 0.2) is 42.5 Å². The van der Waals surface area contributed by atoms with Crippen LogP contribution in [-0.2, 0) is 24.2 Å². The summed E-state index contributed by atoms with van der Waals surface area (Å²) < 4.78 is 11.4. The van der Waals surface area contributed by atoms with Crippen LogP contribution in [0.5, 0.6) is 11.5 Å². The van der Waals surface area contributed by atoms with Gasteiger partial charge in [-0.25, -0.2) is 0 Å². The fourth-order valence-electron chi connectivity index (χ4n) is 3.44. The van der Waals surface area contributed by atoms with E-state index in [0.717, 1.165) is 29.9 Å². The van der Waals surface area contributed by atoms with Crippen LogP contribution < -0.4 is 14.8 Å². The molecule has 0 fully saturated rings. The molecule has 4 nitrogen and oxygen atoms in total. The zero-order valence-corrected chi connectivity index (χ0v) is 16.3. The fraction of sp³-hybridized carbons (Fsp3) is 0.435. The van der Waals surface area contributed by atoms with Gasteiger partial charge >= 0.3 is 0 Å². The van der Waals surface area contributed by atoms with E-state index >= 15 is 0 Å². The average molecular weight is 367 g/mol. The number of carbonyl (C=O) groups is 1. The van der Waals surface area contributed by atoms with E-state index in [1.54, 1.807) is 0 Å². The average Bonchev–Trinajstić information content (AvgIpc) is 2.71. The molecule has 0 spiro atoms. The molecule has 0 saturated carbocycles. The molecule has 0 bridgehead atoms. The molecule has 27 heavy (non-hydrogen) atoms. The highest BCUT2D eigenvalue weighted by Gasteiger charge is 2.19. The van der Waals surface area contributed by atoms with E-state index in [1.165, 1.54) is 24.0 Å². The fourth-order valence-corrected chi connectivity index (χ4v) is 3.44. The van der Waals surface area contributed by atoms with Gasteiger partial charge in [-0.15, -0.1) is 0 Å². The van der Waals surface area contributed by atoms with Gasteiger partial charge in [0, 0.05) is 6.54 Å². The SMILES string of the molecule is CCOc1ccc(CNC(=O)[C@H](CC)Oc2ccc3c(c2)CCCC3)cc1. The van der Waals surface area contributed by atoms with Gasteiger partial charge in [0.2, 0.25) is 0 Å². The molecule has 1 atom stereocenters. The molecule has 0 saturated heterocycles. The predicted octanol–water partition coefficient (Wildman–Crippen LogP) is 4.44. The van der Waals surface area contributed by atoms with Crippen molar-refractivity contribution in [2.45, 2.75) is 58.6 Å². The highest BCUT2D eigenvalue weighted by atomic mass is 16.5. The first kappa shape index (κ1) is 19.3. The highest BCUT2D eigenvalue weighted by molar-refractivity contribution is 5.81. The van der Waals surface area contributed by atoms with Gasteiger partial charge in [-0.05, 0) is 80.0 Å². The summed E-state index contributed by atoms with van der Waals surface area (Å²) in [6, 6.07) is 14.0. The third-order valence-electron chi connectivity index (χ3n) is 4.96. The van der Waals surface area contributed by atoms with Crippen LogP contribution in [-0.4, -0.2) is 18.6 Å². The number of benzene rings is 2. The quantitative estimate of drug-likeness (QED) is 0.750. The van der Waals surface area contributed by atoms with Crippen LogP contribution in [0.3, 0.4) is 0 Å². The molecule has 1 aliphatic rings. The molecular formula is C23H29NO3. The largest absolute Gasteiger partial charge is 0.494 e. The zero-order chi connectivity index (χ0) is 19.1. The Balaban J connectivity index is 1.56. The second kappa shape index (κ2) is 9.45. The van der Waals surface area contributed by atoms with Gasteiger partial charge in [-0.1, -0.05) is 25.1 Å². The summed E-state index contributed by atoms with van der Waals surface area (Å²) in [5, 5.41) is 2.98. The third-order valence-corrected chi connectivity index (χ3v) is 4.96. The number of carbonyl (C=O) groups excluding carboxylic acids is 1. The van der Waals surface area contributed by atoms with E-state index in [9.17, 15) is 4.79 Å². The van der Waals surface area contributed by atoms with Crippen molar-refractivity contribution in [2.24, 2.45) is 0 Å². The number of hydrogen-bond donors (Lipinski definition) is 1. The molecule has 1 N–H and O–H groups in total. The summed E-state index contributed by atoms with van der Waals surface area (Å²) in [7, 11) is 0. The van der Waals surface area contributed by atoms with Crippen molar-refractivity contribution in [3.63, 3.8) is 0 Å². The van der Waals surface area contributed by atoms with Crippen LogP contribution in [0.25, 0.3) is 0 Å². The first-order chi connectivity index (χ1) is 13.2. The molecular weight excluding hydrogens is 338 g/mol. The Kier molecular flexibility index (Phi) is 6.74. The van der Waals surface area contributed by atoms with Crippen molar-refractivity contribution in [3.05, 3.63) is 59.2 Å². The van der Waals surface area contributed by atoms with E-state index in [1.807, 2.05) is 44.2 Å².